The molecule has 1 aliphatic rings. The van der Waals surface area contributed by atoms with Gasteiger partial charge in [0, 0.05) is 18.7 Å². The number of benzene rings is 1. The fourth-order valence-corrected chi connectivity index (χ4v) is 3.80. The molecule has 0 aliphatic carbocycles. The summed E-state index contributed by atoms with van der Waals surface area (Å²) in [5.41, 5.74) is 5.33. The van der Waals surface area contributed by atoms with Crippen LogP contribution >= 0.6 is 0 Å². The second kappa shape index (κ2) is 5.18. The van der Waals surface area contributed by atoms with Crippen LogP contribution in [-0.4, -0.2) is 38.8 Å². The predicted octanol–water partition coefficient (Wildman–Crippen LogP) is 0.579. The van der Waals surface area contributed by atoms with E-state index in [4.69, 9.17) is 10.5 Å². The van der Waals surface area contributed by atoms with Crippen LogP contribution in [0.15, 0.2) is 23.1 Å². The quantitative estimate of drug-likeness (QED) is 0.875. The highest BCUT2D eigenvalue weighted by Crippen LogP contribution is 2.29. The normalized spacial score (nSPS) is 16.5. The highest BCUT2D eigenvalue weighted by atomic mass is 32.2. The van der Waals surface area contributed by atoms with E-state index in [0.717, 1.165) is 12.8 Å². The Balaban J connectivity index is 2.52. The molecule has 1 aliphatic heterocycles. The first-order chi connectivity index (χ1) is 8.96. The predicted molar refractivity (Wildman–Crippen MR) is 69.5 cm³/mol. The van der Waals surface area contributed by atoms with Crippen LogP contribution in [0, 0.1) is 0 Å². The largest absolute Gasteiger partial charge is 0.495 e. The van der Waals surface area contributed by atoms with Crippen LogP contribution < -0.4 is 10.5 Å². The molecule has 0 atom stereocenters. The van der Waals surface area contributed by atoms with Crippen molar-refractivity contribution in [1.82, 2.24) is 4.31 Å². The molecule has 1 fully saturated rings. The van der Waals surface area contributed by atoms with E-state index in [1.54, 1.807) is 0 Å². The SMILES string of the molecule is COc1ccc(C(N)=O)cc1S(=O)(=O)N1CCCC1. The Morgan fingerprint density at radius 3 is 2.47 bits per heavy atom. The third-order valence-electron chi connectivity index (χ3n) is 3.13. The lowest BCUT2D eigenvalue weighted by Crippen LogP contribution is -2.28. The van der Waals surface area contributed by atoms with Gasteiger partial charge in [-0.3, -0.25) is 4.79 Å². The highest BCUT2D eigenvalue weighted by Gasteiger charge is 2.30. The number of hydrogen-bond acceptors (Lipinski definition) is 4. The van der Waals surface area contributed by atoms with Gasteiger partial charge in [-0.05, 0) is 31.0 Å². The third-order valence-corrected chi connectivity index (χ3v) is 5.05. The van der Waals surface area contributed by atoms with Crippen molar-refractivity contribution in [2.45, 2.75) is 17.7 Å². The maximum atomic E-state index is 12.5. The fourth-order valence-electron chi connectivity index (χ4n) is 2.10. The van der Waals surface area contributed by atoms with Gasteiger partial charge in [0.05, 0.1) is 7.11 Å². The molecule has 1 aromatic carbocycles. The minimum absolute atomic E-state index is 0.00630. The molecule has 19 heavy (non-hydrogen) atoms. The average molecular weight is 284 g/mol. The molecule has 0 radical (unpaired) electrons. The van der Waals surface area contributed by atoms with E-state index in [1.807, 2.05) is 0 Å². The van der Waals surface area contributed by atoms with E-state index in [1.165, 1.54) is 29.6 Å². The second-order valence-corrected chi connectivity index (χ2v) is 6.25. The number of rotatable bonds is 4. The summed E-state index contributed by atoms with van der Waals surface area (Å²) in [7, 11) is -2.25. The number of nitrogens with two attached hydrogens (primary N) is 1. The second-order valence-electron chi connectivity index (χ2n) is 4.34. The van der Waals surface area contributed by atoms with Crippen molar-refractivity contribution in [1.29, 1.82) is 0 Å². The number of carbonyl (C=O) groups is 1. The Labute approximate surface area is 112 Å². The van der Waals surface area contributed by atoms with Crippen molar-refractivity contribution in [3.63, 3.8) is 0 Å². The molecule has 0 bridgehead atoms. The Bertz CT molecular complexity index is 592. The highest BCUT2D eigenvalue weighted by molar-refractivity contribution is 7.89. The van der Waals surface area contributed by atoms with Gasteiger partial charge in [-0.15, -0.1) is 0 Å². The van der Waals surface area contributed by atoms with Crippen LogP contribution in [0.3, 0.4) is 0 Å². The summed E-state index contributed by atoms with van der Waals surface area (Å²) in [6.45, 7) is 0.985. The Morgan fingerprint density at radius 2 is 1.95 bits per heavy atom. The number of nitrogens with zero attached hydrogens (tertiary/aromatic N) is 1. The van der Waals surface area contributed by atoms with Gasteiger partial charge in [-0.1, -0.05) is 0 Å². The van der Waals surface area contributed by atoms with Gasteiger partial charge < -0.3 is 10.5 Å². The van der Waals surface area contributed by atoms with Gasteiger partial charge >= 0.3 is 0 Å². The van der Waals surface area contributed by atoms with Crippen molar-refractivity contribution in [2.75, 3.05) is 20.2 Å². The molecule has 0 spiro atoms. The molecule has 1 amide bonds. The van der Waals surface area contributed by atoms with Crippen LogP contribution in [0.4, 0.5) is 0 Å². The molecule has 0 aromatic heterocycles. The smallest absolute Gasteiger partial charge is 0.248 e. The minimum Gasteiger partial charge on any atom is -0.495 e. The zero-order valence-electron chi connectivity index (χ0n) is 10.6. The molecule has 104 valence electrons. The van der Waals surface area contributed by atoms with Gasteiger partial charge in [0.2, 0.25) is 15.9 Å². The first-order valence-electron chi connectivity index (χ1n) is 5.95. The standard InChI is InChI=1S/C12H16N2O4S/c1-18-10-5-4-9(12(13)15)8-11(10)19(16,17)14-6-2-3-7-14/h4-5,8H,2-3,6-7H2,1H3,(H2,13,15). The lowest BCUT2D eigenvalue weighted by Gasteiger charge is -2.18. The summed E-state index contributed by atoms with van der Waals surface area (Å²) in [4.78, 5) is 11.2. The van der Waals surface area contributed by atoms with Crippen molar-refractivity contribution >= 4 is 15.9 Å². The zero-order chi connectivity index (χ0) is 14.0. The topological polar surface area (TPSA) is 89.7 Å². The lowest BCUT2D eigenvalue weighted by molar-refractivity contribution is 0.1000. The minimum atomic E-state index is -3.64. The zero-order valence-corrected chi connectivity index (χ0v) is 11.4. The fraction of sp³-hybridized carbons (Fsp3) is 0.417. The summed E-state index contributed by atoms with van der Waals surface area (Å²) in [6.07, 6.45) is 1.69. The molecule has 0 unspecified atom stereocenters. The van der Waals surface area contributed by atoms with Crippen molar-refractivity contribution in [2.24, 2.45) is 5.73 Å². The van der Waals surface area contributed by atoms with Gasteiger partial charge in [0.15, 0.2) is 0 Å². The average Bonchev–Trinajstić information content (AvgIpc) is 2.92. The molecule has 0 saturated carbocycles. The van der Waals surface area contributed by atoms with Crippen molar-refractivity contribution in [3.8, 4) is 5.75 Å². The van der Waals surface area contributed by atoms with E-state index in [9.17, 15) is 13.2 Å². The van der Waals surface area contributed by atoms with Crippen molar-refractivity contribution < 1.29 is 17.9 Å². The molecule has 7 heteroatoms. The maximum absolute atomic E-state index is 12.5. The van der Waals surface area contributed by atoms with Crippen LogP contribution in [0.2, 0.25) is 0 Å². The first-order valence-corrected chi connectivity index (χ1v) is 7.39. The van der Waals surface area contributed by atoms with Crippen LogP contribution in [0.25, 0.3) is 0 Å². The van der Waals surface area contributed by atoms with Gasteiger partial charge in [0.25, 0.3) is 0 Å². The van der Waals surface area contributed by atoms with Gasteiger partial charge in [-0.25, -0.2) is 8.42 Å². The van der Waals surface area contributed by atoms with Crippen LogP contribution in [-0.2, 0) is 10.0 Å². The van der Waals surface area contributed by atoms with E-state index >= 15 is 0 Å². The van der Waals surface area contributed by atoms with Crippen molar-refractivity contribution in [3.05, 3.63) is 23.8 Å². The molecule has 2 rings (SSSR count). The number of hydrogen-bond donors (Lipinski definition) is 1. The summed E-state index contributed by atoms with van der Waals surface area (Å²) < 4.78 is 31.4. The number of primary amides is 1. The number of amides is 1. The van der Waals surface area contributed by atoms with Gasteiger partial charge in [-0.2, -0.15) is 4.31 Å². The molecule has 1 heterocycles. The van der Waals surface area contributed by atoms with Crippen LogP contribution in [0.1, 0.15) is 23.2 Å². The Kier molecular flexibility index (Phi) is 3.77. The molecule has 1 aromatic rings. The molecular formula is C12H16N2O4S. The Hall–Kier alpha value is -1.60. The lowest BCUT2D eigenvalue weighted by atomic mass is 10.2. The molecule has 6 nitrogen and oxygen atoms in total. The third kappa shape index (κ3) is 2.57. The number of sulfonamides is 1. The van der Waals surface area contributed by atoms with Crippen LogP contribution in [0.5, 0.6) is 5.75 Å². The summed E-state index contributed by atoms with van der Waals surface area (Å²) in [5, 5.41) is 0. The van der Waals surface area contributed by atoms with E-state index in [2.05, 4.69) is 0 Å². The van der Waals surface area contributed by atoms with E-state index in [0.29, 0.717) is 13.1 Å². The number of methoxy groups -OCH3 is 1. The summed E-state index contributed by atoms with van der Waals surface area (Å²) in [5.74, 6) is -0.447. The van der Waals surface area contributed by atoms with Gasteiger partial charge in [0.1, 0.15) is 10.6 Å². The first kappa shape index (κ1) is 13.8. The van der Waals surface area contributed by atoms with E-state index < -0.39 is 15.9 Å². The Morgan fingerprint density at radius 1 is 1.32 bits per heavy atom. The number of ether oxygens (including phenoxy) is 1. The maximum Gasteiger partial charge on any atom is 0.248 e. The molecule has 2 N–H and O–H groups in total. The monoisotopic (exact) mass is 284 g/mol. The number of carbonyl (C=O) groups excluding carboxylic acids is 1. The summed E-state index contributed by atoms with van der Waals surface area (Å²) >= 11 is 0. The molecule has 1 saturated heterocycles. The van der Waals surface area contributed by atoms with E-state index in [-0.39, 0.29) is 16.2 Å². The molecular weight excluding hydrogens is 268 g/mol. The summed E-state index contributed by atoms with van der Waals surface area (Å²) in [6, 6.07) is 4.17.